The van der Waals surface area contributed by atoms with E-state index in [0.29, 0.717) is 42.0 Å². The Bertz CT molecular complexity index is 1660. The summed E-state index contributed by atoms with van der Waals surface area (Å²) in [6.45, 7) is 4.64. The van der Waals surface area contributed by atoms with Gasteiger partial charge in [0.15, 0.2) is 5.58 Å². The number of piperidine rings is 1. The average molecular weight is 680 g/mol. The highest BCUT2D eigenvalue weighted by Crippen LogP contribution is 2.33. The van der Waals surface area contributed by atoms with Gasteiger partial charge in [-0.05, 0) is 62.7 Å². The standard InChI is InChI=1S/C32H38FN3O5.C4H4O4/c1-2-3-4-5-6-7-8-9-29(37)40-24-11-13-25-27(21-24)32(39)36(31(25)38)19-18-35-16-14-22(15-17-35)30-26-12-10-23(33)20-28(26)41-34-30;5-3(6)1-2-4(7)8/h10-13,20-22H,2-9,14-19H2,1H3;1-2H,(H,5,6)(H,7,8)/b;2-1+. The van der Waals surface area contributed by atoms with Crippen LogP contribution in [0.5, 0.6) is 5.75 Å². The van der Waals surface area contributed by atoms with Crippen molar-refractivity contribution >= 4 is 40.7 Å². The number of fused-ring (bicyclic) bond motifs is 2. The number of carbonyl (C=O) groups is 5. The number of aromatic nitrogens is 1. The van der Waals surface area contributed by atoms with Crippen molar-refractivity contribution < 1.29 is 47.8 Å². The first-order valence-electron chi connectivity index (χ1n) is 16.7. The van der Waals surface area contributed by atoms with E-state index in [0.717, 1.165) is 56.3 Å². The third kappa shape index (κ3) is 10.5. The Hall–Kier alpha value is -4.91. The van der Waals surface area contributed by atoms with Crippen molar-refractivity contribution in [1.82, 2.24) is 15.0 Å². The number of likely N-dealkylation sites (tertiary alicyclic amines) is 1. The van der Waals surface area contributed by atoms with Gasteiger partial charge in [-0.2, -0.15) is 0 Å². The van der Waals surface area contributed by atoms with E-state index in [-0.39, 0.29) is 41.6 Å². The number of aliphatic carboxylic acids is 2. The van der Waals surface area contributed by atoms with Crippen LogP contribution >= 0.6 is 0 Å². The van der Waals surface area contributed by atoms with Gasteiger partial charge >= 0.3 is 17.9 Å². The quantitative estimate of drug-likeness (QED) is 0.0617. The number of carboxylic acids is 2. The van der Waals surface area contributed by atoms with Gasteiger partial charge in [0.05, 0.1) is 16.8 Å². The molecule has 0 bridgehead atoms. The van der Waals surface area contributed by atoms with E-state index in [1.165, 1.54) is 48.8 Å². The maximum atomic E-state index is 13.5. The van der Waals surface area contributed by atoms with E-state index in [9.17, 15) is 28.4 Å². The zero-order valence-electron chi connectivity index (χ0n) is 27.6. The molecule has 12 nitrogen and oxygen atoms in total. The monoisotopic (exact) mass is 679 g/mol. The van der Waals surface area contributed by atoms with Gasteiger partial charge < -0.3 is 24.4 Å². The lowest BCUT2D eigenvalue weighted by molar-refractivity contribution is -0.134. The highest BCUT2D eigenvalue weighted by Gasteiger charge is 2.36. The van der Waals surface area contributed by atoms with Crippen LogP contribution in [0, 0.1) is 5.82 Å². The molecule has 1 saturated heterocycles. The average Bonchev–Trinajstić information content (AvgIpc) is 3.60. The predicted molar refractivity (Wildman–Crippen MR) is 177 cm³/mol. The molecule has 3 heterocycles. The summed E-state index contributed by atoms with van der Waals surface area (Å²) < 4.78 is 24.3. The molecule has 2 aliphatic rings. The zero-order chi connectivity index (χ0) is 35.3. The highest BCUT2D eigenvalue weighted by atomic mass is 19.1. The number of esters is 1. The number of carboxylic acid groups (broad SMARTS) is 2. The first kappa shape index (κ1) is 36.9. The smallest absolute Gasteiger partial charge is 0.328 e. The van der Waals surface area contributed by atoms with Gasteiger partial charge in [-0.15, -0.1) is 0 Å². The van der Waals surface area contributed by atoms with Crippen molar-refractivity contribution in [2.75, 3.05) is 26.2 Å². The molecule has 5 rings (SSSR count). The van der Waals surface area contributed by atoms with Gasteiger partial charge in [0, 0.05) is 49.0 Å². The molecule has 0 radical (unpaired) electrons. The third-order valence-electron chi connectivity index (χ3n) is 8.60. The Morgan fingerprint density at radius 1 is 0.898 bits per heavy atom. The fraction of sp³-hybridized carbons (Fsp3) is 0.444. The van der Waals surface area contributed by atoms with Crippen molar-refractivity contribution in [3.05, 3.63) is 71.2 Å². The van der Waals surface area contributed by atoms with Crippen LogP contribution in [0.2, 0.25) is 0 Å². The number of imide groups is 1. The molecule has 49 heavy (non-hydrogen) atoms. The number of rotatable bonds is 15. The number of unbranched alkanes of at least 4 members (excludes halogenated alkanes) is 6. The Labute approximate surface area is 283 Å². The Morgan fingerprint density at radius 2 is 1.55 bits per heavy atom. The fourth-order valence-electron chi connectivity index (χ4n) is 5.98. The third-order valence-corrected chi connectivity index (χ3v) is 8.60. The Morgan fingerprint density at radius 3 is 2.22 bits per heavy atom. The second kappa shape index (κ2) is 18.0. The van der Waals surface area contributed by atoms with Gasteiger partial charge in [-0.1, -0.05) is 50.6 Å². The van der Waals surface area contributed by atoms with E-state index in [1.54, 1.807) is 18.2 Å². The summed E-state index contributed by atoms with van der Waals surface area (Å²) in [4.78, 5) is 61.0. The molecular weight excluding hydrogens is 637 g/mol. The number of carbonyl (C=O) groups excluding carboxylic acids is 3. The minimum absolute atomic E-state index is 0.212. The number of benzene rings is 2. The molecule has 2 N–H and O–H groups in total. The van der Waals surface area contributed by atoms with Crippen LogP contribution < -0.4 is 4.74 Å². The number of halogens is 1. The largest absolute Gasteiger partial charge is 0.478 e. The van der Waals surface area contributed by atoms with Crippen molar-refractivity contribution in [2.45, 2.75) is 77.0 Å². The molecule has 1 aromatic heterocycles. The lowest BCUT2D eigenvalue weighted by Gasteiger charge is -2.32. The van der Waals surface area contributed by atoms with E-state index in [1.807, 2.05) is 0 Å². The lowest BCUT2D eigenvalue weighted by Crippen LogP contribution is -2.41. The van der Waals surface area contributed by atoms with E-state index < -0.39 is 11.9 Å². The molecule has 262 valence electrons. The SMILES string of the molecule is CCCCCCCCCC(=O)Oc1ccc2c(c1)C(=O)N(CCN1CCC(c3noc4cc(F)ccc34)CC1)C2=O.O=C(O)/C=C/C(=O)O. The van der Waals surface area contributed by atoms with Crippen LogP contribution in [0.4, 0.5) is 4.39 Å². The molecule has 0 spiro atoms. The molecule has 0 unspecified atom stereocenters. The second-order valence-corrected chi connectivity index (χ2v) is 12.1. The van der Waals surface area contributed by atoms with E-state index in [4.69, 9.17) is 19.5 Å². The number of amides is 2. The fourth-order valence-corrected chi connectivity index (χ4v) is 5.98. The molecule has 0 aliphatic carbocycles. The van der Waals surface area contributed by atoms with Crippen LogP contribution in [0.1, 0.15) is 103 Å². The Kier molecular flexibility index (Phi) is 13.6. The molecule has 0 atom stereocenters. The highest BCUT2D eigenvalue weighted by molar-refractivity contribution is 6.21. The van der Waals surface area contributed by atoms with Gasteiger partial charge in [-0.25, -0.2) is 14.0 Å². The number of nitrogens with zero attached hydrogens (tertiary/aromatic N) is 3. The summed E-state index contributed by atoms with van der Waals surface area (Å²) >= 11 is 0. The molecule has 1 fully saturated rings. The summed E-state index contributed by atoms with van der Waals surface area (Å²) in [7, 11) is 0. The zero-order valence-corrected chi connectivity index (χ0v) is 27.6. The second-order valence-electron chi connectivity index (χ2n) is 12.1. The summed E-state index contributed by atoms with van der Waals surface area (Å²) in [5.74, 6) is -3.34. The number of hydrogen-bond acceptors (Lipinski definition) is 9. The number of hydrogen-bond donors (Lipinski definition) is 2. The first-order chi connectivity index (χ1) is 23.6. The van der Waals surface area contributed by atoms with Crippen LogP contribution in [0.25, 0.3) is 11.0 Å². The molecule has 3 aromatic rings. The van der Waals surface area contributed by atoms with Gasteiger partial charge in [0.1, 0.15) is 11.6 Å². The summed E-state index contributed by atoms with van der Waals surface area (Å²) in [6, 6.07) is 9.16. The molecule has 13 heteroatoms. The first-order valence-corrected chi connectivity index (χ1v) is 16.7. The summed E-state index contributed by atoms with van der Waals surface area (Å²) in [6.07, 6.45) is 11.0. The van der Waals surface area contributed by atoms with Crippen molar-refractivity contribution in [3.8, 4) is 5.75 Å². The van der Waals surface area contributed by atoms with E-state index in [2.05, 4.69) is 17.0 Å². The topological polar surface area (TPSA) is 168 Å². The van der Waals surface area contributed by atoms with Crippen LogP contribution in [-0.4, -0.2) is 81.1 Å². The van der Waals surface area contributed by atoms with Crippen molar-refractivity contribution in [1.29, 1.82) is 0 Å². The van der Waals surface area contributed by atoms with Crippen LogP contribution in [-0.2, 0) is 14.4 Å². The van der Waals surface area contributed by atoms with Crippen LogP contribution in [0.3, 0.4) is 0 Å². The normalized spacial score (nSPS) is 15.0. The molecule has 2 aliphatic heterocycles. The van der Waals surface area contributed by atoms with Crippen molar-refractivity contribution in [3.63, 3.8) is 0 Å². The van der Waals surface area contributed by atoms with Gasteiger partial charge in [-0.3, -0.25) is 19.3 Å². The molecule has 0 saturated carbocycles. The summed E-state index contributed by atoms with van der Waals surface area (Å²) in [5.41, 5.74) is 1.94. The summed E-state index contributed by atoms with van der Waals surface area (Å²) in [5, 5.41) is 20.7. The molecular formula is C36H42FN3O9. The number of ether oxygens (including phenoxy) is 1. The van der Waals surface area contributed by atoms with Gasteiger partial charge in [0.2, 0.25) is 0 Å². The maximum Gasteiger partial charge on any atom is 0.328 e. The molecule has 2 amide bonds. The molecule has 2 aromatic carbocycles. The lowest BCUT2D eigenvalue weighted by atomic mass is 9.91. The predicted octanol–water partition coefficient (Wildman–Crippen LogP) is 6.20. The van der Waals surface area contributed by atoms with Gasteiger partial charge in [0.25, 0.3) is 11.8 Å². The minimum atomic E-state index is -1.26. The van der Waals surface area contributed by atoms with Crippen LogP contribution in [0.15, 0.2) is 53.1 Å². The Balaban J connectivity index is 0.000000603. The minimum Gasteiger partial charge on any atom is -0.478 e. The van der Waals surface area contributed by atoms with Crippen molar-refractivity contribution in [2.24, 2.45) is 0 Å². The van der Waals surface area contributed by atoms with E-state index >= 15 is 0 Å². The maximum absolute atomic E-state index is 13.5.